The predicted molar refractivity (Wildman–Crippen MR) is 92.1 cm³/mol. The molecule has 1 N–H and O–H groups in total. The van der Waals surface area contributed by atoms with Crippen molar-refractivity contribution in [2.75, 3.05) is 25.9 Å². The molecule has 122 valence electrons. The first-order valence-electron chi connectivity index (χ1n) is 7.87. The van der Waals surface area contributed by atoms with Gasteiger partial charge in [-0.3, -0.25) is 0 Å². The maximum absolute atomic E-state index is 12.1. The van der Waals surface area contributed by atoms with Crippen molar-refractivity contribution in [1.29, 1.82) is 0 Å². The number of hydrogen-bond acceptors (Lipinski definition) is 3. The number of piperidine rings is 1. The number of rotatable bonds is 6. The number of nitrogens with zero attached hydrogens (tertiary/aromatic N) is 1. The molecule has 1 aliphatic heterocycles. The summed E-state index contributed by atoms with van der Waals surface area (Å²) >= 11 is 0. The van der Waals surface area contributed by atoms with E-state index >= 15 is 0 Å². The maximum atomic E-state index is 12.1. The van der Waals surface area contributed by atoms with E-state index in [1.54, 1.807) is 4.31 Å². The number of nitrogens with one attached hydrogen (secondary N) is 1. The number of hydrogen-bond donors (Lipinski definition) is 1. The summed E-state index contributed by atoms with van der Waals surface area (Å²) in [6.45, 7) is 4.52. The Labute approximate surface area is 134 Å². The van der Waals surface area contributed by atoms with Gasteiger partial charge in [-0.25, -0.2) is 8.42 Å². The highest BCUT2D eigenvalue weighted by atomic mass is 32.2. The molecule has 4 nitrogen and oxygen atoms in total. The van der Waals surface area contributed by atoms with Gasteiger partial charge in [-0.15, -0.1) is 0 Å². The summed E-state index contributed by atoms with van der Waals surface area (Å²) in [6, 6.07) is 9.83. The molecule has 22 heavy (non-hydrogen) atoms. The van der Waals surface area contributed by atoms with Crippen LogP contribution in [0.3, 0.4) is 0 Å². The highest BCUT2D eigenvalue weighted by Crippen LogP contribution is 2.18. The molecule has 1 atom stereocenters. The van der Waals surface area contributed by atoms with Crippen molar-refractivity contribution in [1.82, 2.24) is 9.62 Å². The minimum Gasteiger partial charge on any atom is -0.317 e. The maximum Gasteiger partial charge on any atom is 0.211 e. The molecule has 1 aromatic carbocycles. The second-order valence-corrected chi connectivity index (χ2v) is 7.97. The van der Waals surface area contributed by atoms with Crippen LogP contribution in [0, 0.1) is 5.92 Å². The Balaban J connectivity index is 2.06. The third kappa shape index (κ3) is 5.23. The van der Waals surface area contributed by atoms with Crippen LogP contribution < -0.4 is 5.32 Å². The van der Waals surface area contributed by atoms with Gasteiger partial charge < -0.3 is 5.32 Å². The van der Waals surface area contributed by atoms with E-state index in [2.05, 4.69) is 5.32 Å². The van der Waals surface area contributed by atoms with Gasteiger partial charge in [-0.2, -0.15) is 4.31 Å². The summed E-state index contributed by atoms with van der Waals surface area (Å²) in [6.07, 6.45) is 7.35. The second-order valence-electron chi connectivity index (χ2n) is 6.04. The van der Waals surface area contributed by atoms with Crippen molar-refractivity contribution >= 4 is 16.1 Å². The second kappa shape index (κ2) is 7.90. The van der Waals surface area contributed by atoms with E-state index in [4.69, 9.17) is 0 Å². The van der Waals surface area contributed by atoms with Crippen LogP contribution in [0.25, 0.3) is 6.08 Å². The monoisotopic (exact) mass is 322 g/mol. The van der Waals surface area contributed by atoms with Gasteiger partial charge in [-0.05, 0) is 44.3 Å². The quantitative estimate of drug-likeness (QED) is 0.874. The van der Waals surface area contributed by atoms with Gasteiger partial charge in [0.15, 0.2) is 0 Å². The third-order valence-electron chi connectivity index (χ3n) is 4.14. The Morgan fingerprint density at radius 2 is 1.91 bits per heavy atom. The molecule has 0 saturated carbocycles. The standard InChI is InChI=1S/C17H26N2O2S/c1-15(8-9-16-6-4-3-5-7-16)19(22(2,20)21)14-17-10-12-18-13-11-17/h3-9,15,17-18H,10-14H2,1-2H3/b9-8+. The first kappa shape index (κ1) is 17.2. The molecule has 5 heteroatoms. The first-order valence-corrected chi connectivity index (χ1v) is 9.72. The molecular weight excluding hydrogens is 296 g/mol. The fourth-order valence-electron chi connectivity index (χ4n) is 2.83. The average molecular weight is 322 g/mol. The lowest BCUT2D eigenvalue weighted by molar-refractivity contribution is 0.273. The molecule has 0 spiro atoms. The minimum atomic E-state index is -3.21. The molecule has 1 fully saturated rings. The molecule has 2 rings (SSSR count). The topological polar surface area (TPSA) is 49.4 Å². The highest BCUT2D eigenvalue weighted by molar-refractivity contribution is 7.88. The Kier molecular flexibility index (Phi) is 6.17. The molecule has 1 saturated heterocycles. The van der Waals surface area contributed by atoms with Gasteiger partial charge in [0.25, 0.3) is 0 Å². The largest absolute Gasteiger partial charge is 0.317 e. The summed E-state index contributed by atoms with van der Waals surface area (Å²) < 4.78 is 25.9. The average Bonchev–Trinajstić information content (AvgIpc) is 2.51. The number of sulfonamides is 1. The van der Waals surface area contributed by atoms with Gasteiger partial charge in [0.1, 0.15) is 0 Å². The Morgan fingerprint density at radius 3 is 2.50 bits per heavy atom. The van der Waals surface area contributed by atoms with Crippen LogP contribution in [0.15, 0.2) is 36.4 Å². The zero-order chi connectivity index (χ0) is 16.0. The van der Waals surface area contributed by atoms with Gasteiger partial charge >= 0.3 is 0 Å². The smallest absolute Gasteiger partial charge is 0.211 e. The van der Waals surface area contributed by atoms with E-state index < -0.39 is 10.0 Å². The summed E-state index contributed by atoms with van der Waals surface area (Å²) in [5.74, 6) is 0.448. The molecule has 1 heterocycles. The molecule has 0 aliphatic carbocycles. The fourth-order valence-corrected chi connectivity index (χ4v) is 3.99. The SMILES string of the molecule is CC(/C=C/c1ccccc1)N(CC1CCNCC1)S(C)(=O)=O. The predicted octanol–water partition coefficient (Wildman–Crippen LogP) is 2.35. The molecule has 0 bridgehead atoms. The van der Waals surface area contributed by atoms with Crippen LogP contribution in [0.4, 0.5) is 0 Å². The van der Waals surface area contributed by atoms with Crippen molar-refractivity contribution in [2.24, 2.45) is 5.92 Å². The fraction of sp³-hybridized carbons (Fsp3) is 0.529. The lowest BCUT2D eigenvalue weighted by Gasteiger charge is -2.31. The third-order valence-corrected chi connectivity index (χ3v) is 5.48. The van der Waals surface area contributed by atoms with Crippen molar-refractivity contribution in [2.45, 2.75) is 25.8 Å². The Bertz CT molecular complexity index is 578. The van der Waals surface area contributed by atoms with Crippen LogP contribution in [-0.4, -0.2) is 44.7 Å². The van der Waals surface area contributed by atoms with Crippen molar-refractivity contribution in [3.05, 3.63) is 42.0 Å². The summed E-state index contributed by atoms with van der Waals surface area (Å²) in [7, 11) is -3.21. The van der Waals surface area contributed by atoms with Crippen molar-refractivity contribution in [3.63, 3.8) is 0 Å². The normalized spacial score (nSPS) is 18.9. The Morgan fingerprint density at radius 1 is 1.27 bits per heavy atom. The molecule has 1 aliphatic rings. The summed E-state index contributed by atoms with van der Waals surface area (Å²) in [4.78, 5) is 0. The van der Waals surface area contributed by atoms with Crippen LogP contribution in [-0.2, 0) is 10.0 Å². The molecule has 1 aromatic rings. The highest BCUT2D eigenvalue weighted by Gasteiger charge is 2.26. The van der Waals surface area contributed by atoms with Crippen molar-refractivity contribution < 1.29 is 8.42 Å². The molecule has 1 unspecified atom stereocenters. The summed E-state index contributed by atoms with van der Waals surface area (Å²) in [5.41, 5.74) is 1.09. The number of benzene rings is 1. The molecule has 0 radical (unpaired) electrons. The zero-order valence-electron chi connectivity index (χ0n) is 13.4. The molecule has 0 aromatic heterocycles. The van der Waals surface area contributed by atoms with Crippen LogP contribution in [0.1, 0.15) is 25.3 Å². The van der Waals surface area contributed by atoms with Gasteiger partial charge in [0.05, 0.1) is 6.26 Å². The lowest BCUT2D eigenvalue weighted by atomic mass is 9.98. The van der Waals surface area contributed by atoms with Crippen molar-refractivity contribution in [3.8, 4) is 0 Å². The van der Waals surface area contributed by atoms with Gasteiger partial charge in [0.2, 0.25) is 10.0 Å². The first-order chi connectivity index (χ1) is 10.5. The van der Waals surface area contributed by atoms with E-state index in [1.807, 2.05) is 49.4 Å². The van der Waals surface area contributed by atoms with Crippen LogP contribution in [0.2, 0.25) is 0 Å². The molecular formula is C17H26N2O2S. The van der Waals surface area contributed by atoms with E-state index in [-0.39, 0.29) is 6.04 Å². The van der Waals surface area contributed by atoms with Gasteiger partial charge in [-0.1, -0.05) is 42.5 Å². The minimum absolute atomic E-state index is 0.134. The lowest BCUT2D eigenvalue weighted by Crippen LogP contribution is -2.42. The van der Waals surface area contributed by atoms with Crippen LogP contribution >= 0.6 is 0 Å². The summed E-state index contributed by atoms with van der Waals surface area (Å²) in [5, 5.41) is 3.32. The Hall–Kier alpha value is -1.17. The van der Waals surface area contributed by atoms with E-state index in [0.29, 0.717) is 12.5 Å². The zero-order valence-corrected chi connectivity index (χ0v) is 14.2. The van der Waals surface area contributed by atoms with E-state index in [0.717, 1.165) is 31.5 Å². The van der Waals surface area contributed by atoms with Gasteiger partial charge in [0, 0.05) is 12.6 Å². The van der Waals surface area contributed by atoms with E-state index in [1.165, 1.54) is 6.26 Å². The molecule has 0 amide bonds. The van der Waals surface area contributed by atoms with Crippen LogP contribution in [0.5, 0.6) is 0 Å². The van der Waals surface area contributed by atoms with E-state index in [9.17, 15) is 8.42 Å².